The van der Waals surface area contributed by atoms with Crippen molar-refractivity contribution in [1.29, 1.82) is 0 Å². The minimum absolute atomic E-state index is 0.152. The van der Waals surface area contributed by atoms with E-state index in [1.54, 1.807) is 31.4 Å². The molecule has 1 aliphatic rings. The second-order valence-electron chi connectivity index (χ2n) is 5.54. The van der Waals surface area contributed by atoms with E-state index in [9.17, 15) is 9.59 Å². The fourth-order valence-electron chi connectivity index (χ4n) is 2.68. The summed E-state index contributed by atoms with van der Waals surface area (Å²) in [5.41, 5.74) is 2.50. The zero-order valence-electron chi connectivity index (χ0n) is 13.1. The van der Waals surface area contributed by atoms with Crippen molar-refractivity contribution >= 4 is 23.2 Å². The number of hydrogen-bond acceptors (Lipinski definition) is 4. The Morgan fingerprint density at radius 3 is 2.52 bits per heavy atom. The Balaban J connectivity index is 1.79. The lowest BCUT2D eigenvalue weighted by Gasteiger charge is -2.16. The molecule has 118 valence electrons. The van der Waals surface area contributed by atoms with Crippen LogP contribution < -0.4 is 15.0 Å². The highest BCUT2D eigenvalue weighted by Crippen LogP contribution is 2.26. The standard InChI is InChI=1S/C18H18N2O3/c1-12-4-3-5-13(10-12)19-16-11-17(21)20(18(16)22)14-6-8-15(23-2)9-7-14/h3-10,16,19H,11H2,1-2H3/t16-/m1/s1. The topological polar surface area (TPSA) is 58.6 Å². The number of nitrogens with one attached hydrogen (secondary N) is 1. The van der Waals surface area contributed by atoms with E-state index < -0.39 is 6.04 Å². The summed E-state index contributed by atoms with van der Waals surface area (Å²) in [7, 11) is 1.57. The van der Waals surface area contributed by atoms with Gasteiger partial charge in [-0.25, -0.2) is 4.90 Å². The van der Waals surface area contributed by atoms with E-state index in [0.29, 0.717) is 11.4 Å². The minimum Gasteiger partial charge on any atom is -0.497 e. The number of anilines is 2. The van der Waals surface area contributed by atoms with Gasteiger partial charge in [0.25, 0.3) is 5.91 Å². The molecule has 5 heteroatoms. The lowest BCUT2D eigenvalue weighted by Crippen LogP contribution is -2.34. The SMILES string of the molecule is COc1ccc(N2C(=O)C[C@@H](Nc3cccc(C)c3)C2=O)cc1. The van der Waals surface area contributed by atoms with Crippen molar-refractivity contribution in [3.05, 3.63) is 54.1 Å². The van der Waals surface area contributed by atoms with E-state index in [-0.39, 0.29) is 18.2 Å². The first-order chi connectivity index (χ1) is 11.1. The molecule has 0 saturated carbocycles. The first-order valence-corrected chi connectivity index (χ1v) is 7.42. The normalized spacial score (nSPS) is 17.5. The van der Waals surface area contributed by atoms with E-state index in [1.807, 2.05) is 31.2 Å². The summed E-state index contributed by atoms with van der Waals surface area (Å²) in [6.07, 6.45) is 0.152. The van der Waals surface area contributed by atoms with E-state index in [4.69, 9.17) is 4.74 Å². The Hall–Kier alpha value is -2.82. The third-order valence-corrected chi connectivity index (χ3v) is 3.84. The van der Waals surface area contributed by atoms with Crippen LogP contribution in [0.5, 0.6) is 5.75 Å². The van der Waals surface area contributed by atoms with Crippen LogP contribution >= 0.6 is 0 Å². The lowest BCUT2D eigenvalue weighted by molar-refractivity contribution is -0.121. The maximum atomic E-state index is 12.6. The van der Waals surface area contributed by atoms with Gasteiger partial charge in [-0.3, -0.25) is 9.59 Å². The van der Waals surface area contributed by atoms with Gasteiger partial charge in [0.05, 0.1) is 19.2 Å². The lowest BCUT2D eigenvalue weighted by atomic mass is 10.2. The number of carbonyl (C=O) groups excluding carboxylic acids is 2. The van der Waals surface area contributed by atoms with Crippen molar-refractivity contribution in [2.24, 2.45) is 0 Å². The molecule has 0 spiro atoms. The summed E-state index contributed by atoms with van der Waals surface area (Å²) in [4.78, 5) is 26.0. The van der Waals surface area contributed by atoms with E-state index in [2.05, 4.69) is 5.32 Å². The van der Waals surface area contributed by atoms with Crippen LogP contribution in [0.4, 0.5) is 11.4 Å². The van der Waals surface area contributed by atoms with E-state index >= 15 is 0 Å². The molecular formula is C18H18N2O3. The molecule has 2 aromatic rings. The number of ether oxygens (including phenoxy) is 1. The molecule has 2 aromatic carbocycles. The molecule has 0 aliphatic carbocycles. The van der Waals surface area contributed by atoms with Crippen molar-refractivity contribution in [2.75, 3.05) is 17.3 Å². The van der Waals surface area contributed by atoms with Crippen LogP contribution in [0.1, 0.15) is 12.0 Å². The van der Waals surface area contributed by atoms with Crippen molar-refractivity contribution in [2.45, 2.75) is 19.4 Å². The van der Waals surface area contributed by atoms with Gasteiger partial charge in [-0.2, -0.15) is 0 Å². The van der Waals surface area contributed by atoms with Crippen LogP contribution in [0.15, 0.2) is 48.5 Å². The van der Waals surface area contributed by atoms with Gasteiger partial charge in [0.2, 0.25) is 5.91 Å². The number of rotatable bonds is 4. The van der Waals surface area contributed by atoms with Gasteiger partial charge in [0, 0.05) is 5.69 Å². The second-order valence-corrected chi connectivity index (χ2v) is 5.54. The molecule has 5 nitrogen and oxygen atoms in total. The molecular weight excluding hydrogens is 292 g/mol. The number of amides is 2. The number of nitrogens with zero attached hydrogens (tertiary/aromatic N) is 1. The number of hydrogen-bond donors (Lipinski definition) is 1. The minimum atomic E-state index is -0.536. The molecule has 1 saturated heterocycles. The van der Waals surface area contributed by atoms with E-state index in [1.165, 1.54) is 4.90 Å². The average Bonchev–Trinajstić information content (AvgIpc) is 2.81. The number of aryl methyl sites for hydroxylation is 1. The van der Waals surface area contributed by atoms with Crippen molar-refractivity contribution < 1.29 is 14.3 Å². The van der Waals surface area contributed by atoms with Crippen LogP contribution in [-0.2, 0) is 9.59 Å². The Bertz CT molecular complexity index is 740. The maximum absolute atomic E-state index is 12.6. The molecule has 1 aliphatic heterocycles. The molecule has 0 aromatic heterocycles. The van der Waals surface area contributed by atoms with Crippen molar-refractivity contribution in [1.82, 2.24) is 0 Å². The fraction of sp³-hybridized carbons (Fsp3) is 0.222. The predicted molar refractivity (Wildman–Crippen MR) is 88.7 cm³/mol. The molecule has 1 N–H and O–H groups in total. The number of benzene rings is 2. The monoisotopic (exact) mass is 310 g/mol. The zero-order chi connectivity index (χ0) is 16.4. The molecule has 0 bridgehead atoms. The Labute approximate surface area is 134 Å². The van der Waals surface area contributed by atoms with Gasteiger partial charge < -0.3 is 10.1 Å². The summed E-state index contributed by atoms with van der Waals surface area (Å²) in [6, 6.07) is 14.1. The summed E-state index contributed by atoms with van der Waals surface area (Å²) in [5, 5.41) is 3.15. The third-order valence-electron chi connectivity index (χ3n) is 3.84. The van der Waals surface area contributed by atoms with Crippen molar-refractivity contribution in [3.8, 4) is 5.75 Å². The molecule has 1 atom stereocenters. The second kappa shape index (κ2) is 6.12. The summed E-state index contributed by atoms with van der Waals surface area (Å²) >= 11 is 0. The predicted octanol–water partition coefficient (Wildman–Crippen LogP) is 2.75. The quantitative estimate of drug-likeness (QED) is 0.882. The van der Waals surface area contributed by atoms with Crippen molar-refractivity contribution in [3.63, 3.8) is 0 Å². The first kappa shape index (κ1) is 15.1. The Kier molecular flexibility index (Phi) is 4.02. The third kappa shape index (κ3) is 3.04. The number of methoxy groups -OCH3 is 1. The van der Waals surface area contributed by atoms with Gasteiger partial charge >= 0.3 is 0 Å². The zero-order valence-corrected chi connectivity index (χ0v) is 13.1. The molecule has 0 unspecified atom stereocenters. The smallest absolute Gasteiger partial charge is 0.256 e. The largest absolute Gasteiger partial charge is 0.497 e. The van der Waals surface area contributed by atoms with Gasteiger partial charge in [-0.1, -0.05) is 12.1 Å². The van der Waals surface area contributed by atoms with Crippen LogP contribution in [0, 0.1) is 6.92 Å². The molecule has 23 heavy (non-hydrogen) atoms. The highest BCUT2D eigenvalue weighted by atomic mass is 16.5. The first-order valence-electron chi connectivity index (χ1n) is 7.42. The molecule has 0 radical (unpaired) electrons. The number of carbonyl (C=O) groups is 2. The molecule has 1 fully saturated rings. The molecule has 3 rings (SSSR count). The molecule has 1 heterocycles. The maximum Gasteiger partial charge on any atom is 0.256 e. The van der Waals surface area contributed by atoms with Gasteiger partial charge in [-0.15, -0.1) is 0 Å². The van der Waals surface area contributed by atoms with Crippen LogP contribution in [0.25, 0.3) is 0 Å². The summed E-state index contributed by atoms with van der Waals surface area (Å²) < 4.78 is 5.10. The summed E-state index contributed by atoms with van der Waals surface area (Å²) in [6.45, 7) is 1.98. The van der Waals surface area contributed by atoms with Gasteiger partial charge in [-0.05, 0) is 48.9 Å². The highest BCUT2D eigenvalue weighted by Gasteiger charge is 2.39. The van der Waals surface area contributed by atoms with Gasteiger partial charge in [0.15, 0.2) is 0 Å². The fourth-order valence-corrected chi connectivity index (χ4v) is 2.68. The number of imide groups is 1. The Morgan fingerprint density at radius 2 is 1.87 bits per heavy atom. The van der Waals surface area contributed by atoms with Crippen LogP contribution in [0.3, 0.4) is 0 Å². The van der Waals surface area contributed by atoms with Crippen LogP contribution in [0.2, 0.25) is 0 Å². The molecule has 2 amide bonds. The Morgan fingerprint density at radius 1 is 1.13 bits per heavy atom. The highest BCUT2D eigenvalue weighted by molar-refractivity contribution is 6.23. The van der Waals surface area contributed by atoms with E-state index in [0.717, 1.165) is 11.3 Å². The summed E-state index contributed by atoms with van der Waals surface area (Å²) in [5.74, 6) is 0.245. The average molecular weight is 310 g/mol. The van der Waals surface area contributed by atoms with Crippen LogP contribution in [-0.4, -0.2) is 25.0 Å². The van der Waals surface area contributed by atoms with Gasteiger partial charge in [0.1, 0.15) is 11.8 Å².